The zero-order valence-corrected chi connectivity index (χ0v) is 13.6. The smallest absolute Gasteiger partial charge is 0.368 e. The van der Waals surface area contributed by atoms with Crippen molar-refractivity contribution < 1.29 is 18.1 Å². The summed E-state index contributed by atoms with van der Waals surface area (Å²) in [5.74, 6) is 0. The summed E-state index contributed by atoms with van der Waals surface area (Å²) < 4.78 is 38.8. The average molecular weight is 354 g/mol. The lowest BCUT2D eigenvalue weighted by atomic mass is 10.1. The van der Waals surface area contributed by atoms with Crippen LogP contribution in [0.5, 0.6) is 0 Å². The summed E-state index contributed by atoms with van der Waals surface area (Å²) >= 11 is 0. The summed E-state index contributed by atoms with van der Waals surface area (Å²) in [7, 11) is 0. The van der Waals surface area contributed by atoms with Gasteiger partial charge in [0.2, 0.25) is 0 Å². The van der Waals surface area contributed by atoms with Crippen LogP contribution in [0.1, 0.15) is 12.5 Å². The first kappa shape index (κ1) is 17.4. The number of nitro groups is 1. The standard InChI is InChI=1S/C16H17F3N4O2/c1-2-21-3-5-22(6-4-21)12-9-13-14(20-10-12)7-11(16(17,18)19)8-15(13)23(24)25/h7-10H,2-6H2,1H3. The third-order valence-electron chi connectivity index (χ3n) is 4.47. The van der Waals surface area contributed by atoms with Crippen LogP contribution in [0.4, 0.5) is 24.5 Å². The number of piperazine rings is 1. The van der Waals surface area contributed by atoms with E-state index < -0.39 is 22.4 Å². The van der Waals surface area contributed by atoms with E-state index in [1.807, 2.05) is 4.90 Å². The van der Waals surface area contributed by atoms with E-state index in [9.17, 15) is 23.3 Å². The first-order chi connectivity index (χ1) is 11.8. The molecule has 0 bridgehead atoms. The van der Waals surface area contributed by atoms with E-state index in [0.717, 1.165) is 38.8 Å². The number of nitrogens with zero attached hydrogens (tertiary/aromatic N) is 4. The van der Waals surface area contributed by atoms with Gasteiger partial charge in [-0.3, -0.25) is 15.1 Å². The Kier molecular flexibility index (Phi) is 4.51. The molecule has 1 aromatic heterocycles. The van der Waals surface area contributed by atoms with E-state index in [2.05, 4.69) is 16.8 Å². The second kappa shape index (κ2) is 6.47. The molecule has 0 amide bonds. The molecule has 2 heterocycles. The van der Waals surface area contributed by atoms with Gasteiger partial charge in [-0.15, -0.1) is 0 Å². The third-order valence-corrected chi connectivity index (χ3v) is 4.47. The molecule has 0 unspecified atom stereocenters. The minimum absolute atomic E-state index is 0.0301. The SMILES string of the molecule is CCN1CCN(c2cnc3cc(C(F)(F)F)cc([N+](=O)[O-])c3c2)CC1. The highest BCUT2D eigenvalue weighted by atomic mass is 19.4. The molecule has 1 saturated heterocycles. The topological polar surface area (TPSA) is 62.5 Å². The summed E-state index contributed by atoms with van der Waals surface area (Å²) in [5, 5.41) is 11.4. The number of nitro benzene ring substituents is 1. The van der Waals surface area contributed by atoms with Gasteiger partial charge in [0.25, 0.3) is 5.69 Å². The Morgan fingerprint density at radius 3 is 2.44 bits per heavy atom. The van der Waals surface area contributed by atoms with Crippen molar-refractivity contribution >= 4 is 22.3 Å². The van der Waals surface area contributed by atoms with Crippen LogP contribution in [-0.4, -0.2) is 47.5 Å². The van der Waals surface area contributed by atoms with E-state index in [1.54, 1.807) is 6.07 Å². The summed E-state index contributed by atoms with van der Waals surface area (Å²) in [5.41, 5.74) is -0.988. The minimum atomic E-state index is -4.66. The van der Waals surface area contributed by atoms with Crippen molar-refractivity contribution in [1.82, 2.24) is 9.88 Å². The van der Waals surface area contributed by atoms with Crippen molar-refractivity contribution in [3.8, 4) is 0 Å². The second-order valence-corrected chi connectivity index (χ2v) is 5.93. The van der Waals surface area contributed by atoms with Gasteiger partial charge in [0.1, 0.15) is 0 Å². The van der Waals surface area contributed by atoms with Crippen molar-refractivity contribution in [3.05, 3.63) is 40.1 Å². The number of pyridine rings is 1. The number of benzene rings is 1. The van der Waals surface area contributed by atoms with E-state index in [-0.39, 0.29) is 10.9 Å². The van der Waals surface area contributed by atoms with Crippen molar-refractivity contribution in [2.75, 3.05) is 37.6 Å². The largest absolute Gasteiger partial charge is 0.416 e. The predicted octanol–water partition coefficient (Wildman–Crippen LogP) is 3.30. The highest BCUT2D eigenvalue weighted by Crippen LogP contribution is 2.36. The maximum Gasteiger partial charge on any atom is 0.416 e. The highest BCUT2D eigenvalue weighted by molar-refractivity contribution is 5.91. The van der Waals surface area contributed by atoms with Crippen LogP contribution in [0.15, 0.2) is 24.4 Å². The van der Waals surface area contributed by atoms with Gasteiger partial charge in [-0.2, -0.15) is 13.2 Å². The van der Waals surface area contributed by atoms with Crippen LogP contribution in [-0.2, 0) is 6.18 Å². The average Bonchev–Trinajstić information content (AvgIpc) is 2.59. The lowest BCUT2D eigenvalue weighted by Crippen LogP contribution is -2.46. The Bertz CT molecular complexity index is 802. The van der Waals surface area contributed by atoms with Crippen molar-refractivity contribution in [3.63, 3.8) is 0 Å². The van der Waals surface area contributed by atoms with Gasteiger partial charge in [0.15, 0.2) is 0 Å². The highest BCUT2D eigenvalue weighted by Gasteiger charge is 2.33. The van der Waals surface area contributed by atoms with Crippen LogP contribution in [0.3, 0.4) is 0 Å². The van der Waals surface area contributed by atoms with Crippen LogP contribution >= 0.6 is 0 Å². The predicted molar refractivity (Wildman–Crippen MR) is 87.7 cm³/mol. The molecular weight excluding hydrogens is 337 g/mol. The molecule has 0 atom stereocenters. The molecule has 6 nitrogen and oxygen atoms in total. The molecular formula is C16H17F3N4O2. The molecule has 1 aromatic carbocycles. The van der Waals surface area contributed by atoms with Gasteiger partial charge in [-0.1, -0.05) is 6.92 Å². The Morgan fingerprint density at radius 1 is 1.20 bits per heavy atom. The third kappa shape index (κ3) is 3.51. The van der Waals surface area contributed by atoms with Crippen LogP contribution < -0.4 is 4.90 Å². The van der Waals surface area contributed by atoms with Crippen molar-refractivity contribution in [1.29, 1.82) is 0 Å². The zero-order valence-electron chi connectivity index (χ0n) is 13.6. The summed E-state index contributed by atoms with van der Waals surface area (Å²) in [6, 6.07) is 2.98. The molecule has 0 N–H and O–H groups in total. The van der Waals surface area contributed by atoms with Crippen LogP contribution in [0.25, 0.3) is 10.9 Å². The first-order valence-electron chi connectivity index (χ1n) is 7.92. The maximum atomic E-state index is 12.9. The number of anilines is 1. The number of fused-ring (bicyclic) bond motifs is 1. The molecule has 1 aliphatic heterocycles. The summed E-state index contributed by atoms with van der Waals surface area (Å²) in [4.78, 5) is 18.8. The van der Waals surface area contributed by atoms with Gasteiger partial charge >= 0.3 is 6.18 Å². The fourth-order valence-corrected chi connectivity index (χ4v) is 3.01. The quantitative estimate of drug-likeness (QED) is 0.625. The fraction of sp³-hybridized carbons (Fsp3) is 0.438. The molecule has 25 heavy (non-hydrogen) atoms. The molecule has 0 aliphatic carbocycles. The monoisotopic (exact) mass is 354 g/mol. The number of rotatable bonds is 3. The lowest BCUT2D eigenvalue weighted by molar-refractivity contribution is -0.383. The van der Waals surface area contributed by atoms with Gasteiger partial charge in [-0.25, -0.2) is 0 Å². The lowest BCUT2D eigenvalue weighted by Gasteiger charge is -2.35. The Balaban J connectivity index is 2.02. The molecule has 1 aliphatic rings. The number of halogens is 3. The molecule has 2 aromatic rings. The van der Waals surface area contributed by atoms with E-state index in [0.29, 0.717) is 11.8 Å². The Hall–Kier alpha value is -2.42. The Labute approximate surface area is 142 Å². The molecule has 3 rings (SSSR count). The van der Waals surface area contributed by atoms with Crippen molar-refractivity contribution in [2.24, 2.45) is 0 Å². The molecule has 0 spiro atoms. The van der Waals surface area contributed by atoms with Gasteiger partial charge in [0, 0.05) is 32.2 Å². The number of alkyl halides is 3. The molecule has 0 radical (unpaired) electrons. The molecule has 134 valence electrons. The maximum absolute atomic E-state index is 12.9. The van der Waals surface area contributed by atoms with Gasteiger partial charge in [-0.05, 0) is 18.7 Å². The van der Waals surface area contributed by atoms with E-state index in [4.69, 9.17) is 0 Å². The fourth-order valence-electron chi connectivity index (χ4n) is 3.01. The first-order valence-corrected chi connectivity index (χ1v) is 7.92. The van der Waals surface area contributed by atoms with E-state index in [1.165, 1.54) is 6.20 Å². The van der Waals surface area contributed by atoms with Gasteiger partial charge in [0.05, 0.1) is 33.3 Å². The Morgan fingerprint density at radius 2 is 1.88 bits per heavy atom. The summed E-state index contributed by atoms with van der Waals surface area (Å²) in [6.07, 6.45) is -3.18. The number of aromatic nitrogens is 1. The molecule has 1 fully saturated rings. The van der Waals surface area contributed by atoms with Crippen LogP contribution in [0.2, 0.25) is 0 Å². The van der Waals surface area contributed by atoms with Crippen molar-refractivity contribution in [2.45, 2.75) is 13.1 Å². The molecule has 9 heteroatoms. The zero-order chi connectivity index (χ0) is 18.2. The number of hydrogen-bond acceptors (Lipinski definition) is 5. The van der Waals surface area contributed by atoms with Crippen LogP contribution in [0, 0.1) is 10.1 Å². The summed E-state index contributed by atoms with van der Waals surface area (Å²) in [6.45, 7) is 6.25. The number of non-ortho nitro benzene ring substituents is 1. The second-order valence-electron chi connectivity index (χ2n) is 5.93. The normalized spacial score (nSPS) is 16.4. The number of hydrogen-bond donors (Lipinski definition) is 0. The van der Waals surface area contributed by atoms with E-state index >= 15 is 0 Å². The molecule has 0 saturated carbocycles. The number of likely N-dealkylation sites (N-methyl/N-ethyl adjacent to an activating group) is 1. The van der Waals surface area contributed by atoms with Gasteiger partial charge < -0.3 is 9.80 Å². The minimum Gasteiger partial charge on any atom is -0.368 e.